The van der Waals surface area contributed by atoms with Crippen molar-refractivity contribution in [2.24, 2.45) is 0 Å². The summed E-state index contributed by atoms with van der Waals surface area (Å²) in [7, 11) is 2.41. The molecule has 0 spiro atoms. The lowest BCUT2D eigenvalue weighted by Crippen LogP contribution is -2.05. The number of aromatic nitrogens is 1. The molecule has 0 saturated heterocycles. The van der Waals surface area contributed by atoms with Gasteiger partial charge in [0, 0.05) is 0 Å². The normalized spacial score (nSPS) is 10.4. The first-order valence-corrected chi connectivity index (χ1v) is 4.49. The highest BCUT2D eigenvalue weighted by Gasteiger charge is 2.25. The van der Waals surface area contributed by atoms with Crippen molar-refractivity contribution in [1.82, 2.24) is 4.98 Å². The van der Waals surface area contributed by atoms with E-state index in [9.17, 15) is 13.6 Å². The number of halogens is 3. The fraction of sp³-hybridized carbons (Fsp3) is 0.333. The third-order valence-electron chi connectivity index (χ3n) is 1.85. The van der Waals surface area contributed by atoms with Crippen molar-refractivity contribution < 1.29 is 23.0 Å². The molecule has 1 heterocycles. The maximum Gasteiger partial charge on any atom is 0.284 e. The van der Waals surface area contributed by atoms with E-state index in [0.29, 0.717) is 0 Å². The predicted octanol–water partition coefficient (Wildman–Crippen LogP) is 2.42. The summed E-state index contributed by atoms with van der Waals surface area (Å²) in [6.07, 6.45) is -1.87. The standard InChI is InChI=1S/C9H8ClF2NO3/c1-15-4-3-13-6(9(11)12)7(16-2)5(4)8(10)14/h3,9H,1-2H3. The molecule has 0 atom stereocenters. The topological polar surface area (TPSA) is 48.4 Å². The molecule has 0 aromatic carbocycles. The smallest absolute Gasteiger partial charge is 0.284 e. The Labute approximate surface area is 95.1 Å². The van der Waals surface area contributed by atoms with Crippen LogP contribution < -0.4 is 9.47 Å². The van der Waals surface area contributed by atoms with Crippen molar-refractivity contribution in [3.05, 3.63) is 17.5 Å². The molecule has 1 aromatic heterocycles. The zero-order valence-corrected chi connectivity index (χ0v) is 9.22. The summed E-state index contributed by atoms with van der Waals surface area (Å²) in [6.45, 7) is 0. The van der Waals surface area contributed by atoms with Crippen molar-refractivity contribution in [2.75, 3.05) is 14.2 Å². The van der Waals surface area contributed by atoms with Gasteiger partial charge in [-0.15, -0.1) is 0 Å². The number of ether oxygens (including phenoxy) is 2. The van der Waals surface area contributed by atoms with Gasteiger partial charge in [-0.05, 0) is 11.6 Å². The molecule has 0 fully saturated rings. The van der Waals surface area contributed by atoms with Gasteiger partial charge in [0.25, 0.3) is 11.7 Å². The fourth-order valence-electron chi connectivity index (χ4n) is 1.19. The molecule has 1 aromatic rings. The van der Waals surface area contributed by atoms with Crippen molar-refractivity contribution in [1.29, 1.82) is 0 Å². The van der Waals surface area contributed by atoms with Gasteiger partial charge in [0.05, 0.1) is 20.4 Å². The number of hydrogen-bond acceptors (Lipinski definition) is 4. The van der Waals surface area contributed by atoms with Gasteiger partial charge < -0.3 is 9.47 Å². The van der Waals surface area contributed by atoms with Gasteiger partial charge in [-0.25, -0.2) is 13.8 Å². The molecule has 0 aliphatic carbocycles. The van der Waals surface area contributed by atoms with Crippen molar-refractivity contribution in [3.8, 4) is 11.5 Å². The van der Waals surface area contributed by atoms with Gasteiger partial charge in [0.15, 0.2) is 11.5 Å². The Bertz CT molecular complexity index is 412. The van der Waals surface area contributed by atoms with Gasteiger partial charge in [0.1, 0.15) is 11.3 Å². The SMILES string of the molecule is COc1cnc(C(F)F)c(OC)c1C(=O)Cl. The fourth-order valence-corrected chi connectivity index (χ4v) is 1.37. The number of hydrogen-bond donors (Lipinski definition) is 0. The van der Waals surface area contributed by atoms with Gasteiger partial charge in [-0.2, -0.15) is 0 Å². The molecule has 0 radical (unpaired) electrons. The minimum atomic E-state index is -2.87. The van der Waals surface area contributed by atoms with Crippen LogP contribution in [-0.2, 0) is 0 Å². The zero-order chi connectivity index (χ0) is 12.3. The minimum Gasteiger partial charge on any atom is -0.494 e. The molecule has 4 nitrogen and oxygen atoms in total. The number of carbonyl (C=O) groups excluding carboxylic acids is 1. The summed E-state index contributed by atoms with van der Waals surface area (Å²) in [5, 5.41) is -0.946. The maximum absolute atomic E-state index is 12.6. The van der Waals surface area contributed by atoms with Crippen LogP contribution in [0.3, 0.4) is 0 Å². The highest BCUT2D eigenvalue weighted by molar-refractivity contribution is 6.68. The maximum atomic E-state index is 12.6. The molecule has 16 heavy (non-hydrogen) atoms. The molecule has 0 aliphatic rings. The van der Waals surface area contributed by atoms with E-state index >= 15 is 0 Å². The summed E-state index contributed by atoms with van der Waals surface area (Å²) >= 11 is 5.28. The average Bonchev–Trinajstić information content (AvgIpc) is 2.26. The molecule has 0 unspecified atom stereocenters. The van der Waals surface area contributed by atoms with E-state index in [1.165, 1.54) is 7.11 Å². The number of rotatable bonds is 4. The van der Waals surface area contributed by atoms with E-state index in [0.717, 1.165) is 13.3 Å². The molecule has 88 valence electrons. The van der Waals surface area contributed by atoms with Crippen LogP contribution in [0.1, 0.15) is 22.5 Å². The van der Waals surface area contributed by atoms with Crippen LogP contribution in [0.2, 0.25) is 0 Å². The summed E-state index contributed by atoms with van der Waals surface area (Å²) in [6, 6.07) is 0. The number of methoxy groups -OCH3 is 2. The van der Waals surface area contributed by atoms with Crippen molar-refractivity contribution in [3.63, 3.8) is 0 Å². The van der Waals surface area contributed by atoms with E-state index in [1.807, 2.05) is 0 Å². The number of alkyl halides is 2. The molecular weight excluding hydrogens is 244 g/mol. The number of carbonyl (C=O) groups is 1. The van der Waals surface area contributed by atoms with Crippen LogP contribution in [0, 0.1) is 0 Å². The average molecular weight is 252 g/mol. The summed E-state index contributed by atoms with van der Waals surface area (Å²) in [5.74, 6) is -0.379. The van der Waals surface area contributed by atoms with Crippen LogP contribution in [0.4, 0.5) is 8.78 Å². The second-order valence-corrected chi connectivity index (χ2v) is 3.04. The van der Waals surface area contributed by atoms with E-state index in [-0.39, 0.29) is 17.1 Å². The summed E-state index contributed by atoms with van der Waals surface area (Å²) in [4.78, 5) is 14.6. The molecule has 1 rings (SSSR count). The van der Waals surface area contributed by atoms with E-state index in [4.69, 9.17) is 21.1 Å². The van der Waals surface area contributed by atoms with Gasteiger partial charge in [0.2, 0.25) is 0 Å². The molecule has 0 bridgehead atoms. The quantitative estimate of drug-likeness (QED) is 0.771. The molecular formula is C9H8ClF2NO3. The third kappa shape index (κ3) is 2.21. The Balaban J connectivity index is 3.49. The Morgan fingerprint density at radius 2 is 2.06 bits per heavy atom. The minimum absolute atomic E-state index is 0.0127. The Kier molecular flexibility index (Phi) is 4.00. The predicted molar refractivity (Wildman–Crippen MR) is 52.5 cm³/mol. The van der Waals surface area contributed by atoms with E-state index in [2.05, 4.69) is 4.98 Å². The third-order valence-corrected chi connectivity index (χ3v) is 2.04. The van der Waals surface area contributed by atoms with Gasteiger partial charge >= 0.3 is 0 Å². The van der Waals surface area contributed by atoms with Crippen LogP contribution in [0.25, 0.3) is 0 Å². The van der Waals surface area contributed by atoms with Crippen LogP contribution in [0.15, 0.2) is 6.20 Å². The highest BCUT2D eigenvalue weighted by atomic mass is 35.5. The lowest BCUT2D eigenvalue weighted by atomic mass is 10.2. The van der Waals surface area contributed by atoms with Gasteiger partial charge in [-0.1, -0.05) is 0 Å². The molecule has 0 aliphatic heterocycles. The molecule has 0 saturated carbocycles. The second-order valence-electron chi connectivity index (χ2n) is 2.69. The first-order valence-electron chi connectivity index (χ1n) is 4.11. The first-order chi connectivity index (χ1) is 7.52. The van der Waals surface area contributed by atoms with Crippen molar-refractivity contribution >= 4 is 16.8 Å². The van der Waals surface area contributed by atoms with E-state index < -0.39 is 17.4 Å². The van der Waals surface area contributed by atoms with Crippen LogP contribution in [-0.4, -0.2) is 24.4 Å². The van der Waals surface area contributed by atoms with Gasteiger partial charge in [-0.3, -0.25) is 4.79 Å². The lowest BCUT2D eigenvalue weighted by molar-refractivity contribution is 0.107. The monoisotopic (exact) mass is 251 g/mol. The van der Waals surface area contributed by atoms with Crippen molar-refractivity contribution in [2.45, 2.75) is 6.43 Å². The number of pyridine rings is 1. The Hall–Kier alpha value is -1.43. The number of nitrogens with zero attached hydrogens (tertiary/aromatic N) is 1. The van der Waals surface area contributed by atoms with Crippen LogP contribution >= 0.6 is 11.6 Å². The molecule has 0 amide bonds. The second kappa shape index (κ2) is 5.07. The van der Waals surface area contributed by atoms with E-state index in [1.54, 1.807) is 0 Å². The Morgan fingerprint density at radius 3 is 2.44 bits per heavy atom. The van der Waals surface area contributed by atoms with Crippen LogP contribution in [0.5, 0.6) is 11.5 Å². The summed E-state index contributed by atoms with van der Waals surface area (Å²) in [5.41, 5.74) is -0.899. The zero-order valence-electron chi connectivity index (χ0n) is 8.46. The first kappa shape index (κ1) is 12.6. The lowest BCUT2D eigenvalue weighted by Gasteiger charge is -2.12. The molecule has 7 heteroatoms. The highest BCUT2D eigenvalue weighted by Crippen LogP contribution is 2.36. The Morgan fingerprint density at radius 1 is 1.44 bits per heavy atom. The largest absolute Gasteiger partial charge is 0.494 e. The molecule has 0 N–H and O–H groups in total. The summed E-state index contributed by atoms with van der Waals surface area (Å²) < 4.78 is 34.6.